The number of carbonyl (C=O) groups excluding carboxylic acids is 1. The molecule has 2 aliphatic heterocycles. The van der Waals surface area contributed by atoms with Crippen LogP contribution in [0.3, 0.4) is 0 Å². The zero-order chi connectivity index (χ0) is 12.5. The molecular weight excluding hydrogens is 218 g/mol. The fraction of sp³-hybridized carbons (Fsp3) is 0.917. The lowest BCUT2D eigenvalue weighted by molar-refractivity contribution is -0.136. The number of likely N-dealkylation sites (N-methyl/N-ethyl adjacent to an activating group) is 1. The van der Waals surface area contributed by atoms with Crippen molar-refractivity contribution in [1.82, 2.24) is 9.80 Å². The van der Waals surface area contributed by atoms with Gasteiger partial charge in [-0.3, -0.25) is 4.79 Å². The van der Waals surface area contributed by atoms with Crippen LogP contribution in [0.4, 0.5) is 0 Å². The van der Waals surface area contributed by atoms with Gasteiger partial charge in [0.25, 0.3) is 0 Å². The lowest BCUT2D eigenvalue weighted by Gasteiger charge is -2.29. The number of ether oxygens (including phenoxy) is 1. The molecule has 5 nitrogen and oxygen atoms in total. The molecular formula is C12H23N3O2. The van der Waals surface area contributed by atoms with Crippen LogP contribution in [0.1, 0.15) is 12.8 Å². The molecule has 2 saturated heterocycles. The number of likely N-dealkylation sites (tertiary alicyclic amines) is 1. The van der Waals surface area contributed by atoms with Gasteiger partial charge in [-0.15, -0.1) is 0 Å². The molecule has 0 radical (unpaired) electrons. The Morgan fingerprint density at radius 1 is 1.65 bits per heavy atom. The van der Waals surface area contributed by atoms with Crippen molar-refractivity contribution in [3.63, 3.8) is 0 Å². The molecule has 0 spiro atoms. The molecule has 17 heavy (non-hydrogen) atoms. The average molecular weight is 241 g/mol. The second-order valence-corrected chi connectivity index (χ2v) is 5.56. The lowest BCUT2D eigenvalue weighted by atomic mass is 9.97. The van der Waals surface area contributed by atoms with Crippen LogP contribution in [0, 0.1) is 5.92 Å². The number of rotatable bonds is 3. The summed E-state index contributed by atoms with van der Waals surface area (Å²) in [5.41, 5.74) is 5.30. The van der Waals surface area contributed by atoms with Gasteiger partial charge in [0.15, 0.2) is 0 Å². The molecule has 2 fully saturated rings. The topological polar surface area (TPSA) is 58.8 Å². The van der Waals surface area contributed by atoms with Gasteiger partial charge < -0.3 is 20.3 Å². The van der Waals surface area contributed by atoms with Gasteiger partial charge in [-0.05, 0) is 32.4 Å². The quantitative estimate of drug-likeness (QED) is 0.724. The largest absolute Gasteiger partial charge is 0.379 e. The maximum atomic E-state index is 12.2. The minimum absolute atomic E-state index is 0.0320. The van der Waals surface area contributed by atoms with Crippen LogP contribution >= 0.6 is 0 Å². The van der Waals surface area contributed by atoms with E-state index in [1.807, 2.05) is 7.05 Å². The zero-order valence-corrected chi connectivity index (χ0v) is 10.8. The Hall–Kier alpha value is -0.650. The van der Waals surface area contributed by atoms with Crippen LogP contribution in [0.15, 0.2) is 0 Å². The van der Waals surface area contributed by atoms with E-state index in [4.69, 9.17) is 10.5 Å². The highest BCUT2D eigenvalue weighted by atomic mass is 16.5. The van der Waals surface area contributed by atoms with E-state index in [1.54, 1.807) is 4.90 Å². The third-order valence-corrected chi connectivity index (χ3v) is 3.85. The predicted molar refractivity (Wildman–Crippen MR) is 65.6 cm³/mol. The number of hydrogen-bond acceptors (Lipinski definition) is 4. The molecule has 2 N–H and O–H groups in total. The van der Waals surface area contributed by atoms with Gasteiger partial charge in [-0.1, -0.05) is 0 Å². The Morgan fingerprint density at radius 3 is 2.94 bits per heavy atom. The predicted octanol–water partition coefficient (Wildman–Crippen LogP) is -0.486. The summed E-state index contributed by atoms with van der Waals surface area (Å²) in [4.78, 5) is 16.3. The van der Waals surface area contributed by atoms with E-state index < -0.39 is 5.54 Å². The molecule has 0 aliphatic carbocycles. The Kier molecular flexibility index (Phi) is 3.70. The van der Waals surface area contributed by atoms with Crippen molar-refractivity contribution in [1.29, 1.82) is 0 Å². The average Bonchev–Trinajstić information content (AvgIpc) is 2.88. The van der Waals surface area contributed by atoms with Gasteiger partial charge in [0.05, 0.1) is 6.61 Å². The van der Waals surface area contributed by atoms with Crippen LogP contribution in [0.5, 0.6) is 0 Å². The number of amides is 1. The van der Waals surface area contributed by atoms with Crippen molar-refractivity contribution in [2.24, 2.45) is 11.7 Å². The van der Waals surface area contributed by atoms with Crippen molar-refractivity contribution in [3.05, 3.63) is 0 Å². The van der Waals surface area contributed by atoms with E-state index >= 15 is 0 Å². The monoisotopic (exact) mass is 241 g/mol. The molecule has 2 rings (SSSR count). The molecule has 2 unspecified atom stereocenters. The maximum Gasteiger partial charge on any atom is 0.244 e. The van der Waals surface area contributed by atoms with Crippen LogP contribution in [0.25, 0.3) is 0 Å². The molecule has 0 aromatic carbocycles. The molecule has 5 heteroatoms. The first-order valence-electron chi connectivity index (χ1n) is 6.32. The fourth-order valence-electron chi connectivity index (χ4n) is 2.78. The summed E-state index contributed by atoms with van der Waals surface area (Å²) in [5, 5.41) is 0. The van der Waals surface area contributed by atoms with Crippen LogP contribution in [-0.4, -0.2) is 68.2 Å². The van der Waals surface area contributed by atoms with Gasteiger partial charge in [-0.25, -0.2) is 0 Å². The molecule has 2 atom stereocenters. The normalized spacial score (nSPS) is 34.2. The summed E-state index contributed by atoms with van der Waals surface area (Å²) in [5.74, 6) is 0.615. The van der Waals surface area contributed by atoms with E-state index in [0.717, 1.165) is 19.6 Å². The molecule has 0 saturated carbocycles. The van der Waals surface area contributed by atoms with Crippen LogP contribution in [-0.2, 0) is 9.53 Å². The Labute approximate surface area is 103 Å². The molecule has 2 aliphatic rings. The smallest absolute Gasteiger partial charge is 0.244 e. The maximum absolute atomic E-state index is 12.2. The SMILES string of the molecule is CN1CCC(CN(C)C(=O)C2(N)CCOC2)C1. The molecule has 1 amide bonds. The van der Waals surface area contributed by atoms with Crippen molar-refractivity contribution >= 4 is 5.91 Å². The number of nitrogens with two attached hydrogens (primary N) is 1. The van der Waals surface area contributed by atoms with Crippen LogP contribution in [0.2, 0.25) is 0 Å². The fourth-order valence-corrected chi connectivity index (χ4v) is 2.78. The van der Waals surface area contributed by atoms with E-state index in [1.165, 1.54) is 6.42 Å². The van der Waals surface area contributed by atoms with E-state index in [-0.39, 0.29) is 5.91 Å². The second kappa shape index (κ2) is 4.92. The number of nitrogens with zero attached hydrogens (tertiary/aromatic N) is 2. The summed E-state index contributed by atoms with van der Waals surface area (Å²) < 4.78 is 5.24. The van der Waals surface area contributed by atoms with Crippen molar-refractivity contribution in [2.75, 3.05) is 46.9 Å². The molecule has 2 heterocycles. The van der Waals surface area contributed by atoms with Gasteiger partial charge in [-0.2, -0.15) is 0 Å². The van der Waals surface area contributed by atoms with E-state index in [9.17, 15) is 4.79 Å². The minimum atomic E-state index is -0.779. The summed E-state index contributed by atoms with van der Waals surface area (Å²) in [7, 11) is 3.98. The molecule has 0 aromatic heterocycles. The van der Waals surface area contributed by atoms with Gasteiger partial charge >= 0.3 is 0 Å². The Morgan fingerprint density at radius 2 is 2.41 bits per heavy atom. The van der Waals surface area contributed by atoms with Gasteiger partial charge in [0.1, 0.15) is 5.54 Å². The van der Waals surface area contributed by atoms with E-state index in [2.05, 4.69) is 11.9 Å². The standard InChI is InChI=1S/C12H23N3O2/c1-14-5-3-10(7-14)8-15(2)11(16)12(13)4-6-17-9-12/h10H,3-9,13H2,1-2H3. The molecule has 0 aromatic rings. The minimum Gasteiger partial charge on any atom is -0.379 e. The van der Waals surface area contributed by atoms with Crippen molar-refractivity contribution in [2.45, 2.75) is 18.4 Å². The summed E-state index contributed by atoms with van der Waals surface area (Å²) in [6.45, 7) is 3.97. The first-order valence-corrected chi connectivity index (χ1v) is 6.32. The summed E-state index contributed by atoms with van der Waals surface area (Å²) in [6.07, 6.45) is 1.81. The van der Waals surface area contributed by atoms with Gasteiger partial charge in [0.2, 0.25) is 5.91 Å². The lowest BCUT2D eigenvalue weighted by Crippen LogP contribution is -2.55. The van der Waals surface area contributed by atoms with Crippen molar-refractivity contribution < 1.29 is 9.53 Å². The first kappa shape index (κ1) is 12.8. The molecule has 0 bridgehead atoms. The third kappa shape index (κ3) is 2.78. The van der Waals surface area contributed by atoms with E-state index in [0.29, 0.717) is 25.6 Å². The zero-order valence-electron chi connectivity index (χ0n) is 10.8. The Balaban J connectivity index is 1.87. The summed E-state index contributed by atoms with van der Waals surface area (Å²) >= 11 is 0. The highest BCUT2D eigenvalue weighted by Gasteiger charge is 2.40. The summed E-state index contributed by atoms with van der Waals surface area (Å²) in [6, 6.07) is 0. The second-order valence-electron chi connectivity index (χ2n) is 5.56. The van der Waals surface area contributed by atoms with Gasteiger partial charge in [0, 0.05) is 26.7 Å². The first-order chi connectivity index (χ1) is 8.01. The van der Waals surface area contributed by atoms with Crippen LogP contribution < -0.4 is 5.73 Å². The third-order valence-electron chi connectivity index (χ3n) is 3.85. The number of hydrogen-bond donors (Lipinski definition) is 1. The molecule has 98 valence electrons. The number of carbonyl (C=O) groups is 1. The highest BCUT2D eigenvalue weighted by molar-refractivity contribution is 5.86. The van der Waals surface area contributed by atoms with Crippen molar-refractivity contribution in [3.8, 4) is 0 Å². The highest BCUT2D eigenvalue weighted by Crippen LogP contribution is 2.20. The Bertz CT molecular complexity index is 289.